The van der Waals surface area contributed by atoms with Crippen molar-refractivity contribution >= 4 is 5.78 Å². The summed E-state index contributed by atoms with van der Waals surface area (Å²) in [5, 5.41) is 0. The van der Waals surface area contributed by atoms with Gasteiger partial charge in [0.05, 0.1) is 0 Å². The molecule has 0 spiro atoms. The summed E-state index contributed by atoms with van der Waals surface area (Å²) in [6, 6.07) is 0. The van der Waals surface area contributed by atoms with Crippen LogP contribution in [0.25, 0.3) is 0 Å². The van der Waals surface area contributed by atoms with Crippen molar-refractivity contribution < 1.29 is 4.79 Å². The number of carbonyl (C=O) groups is 1. The molecule has 0 aromatic rings. The molecular weight excluding hydrogens is 160 g/mol. The Morgan fingerprint density at radius 1 is 1.08 bits per heavy atom. The minimum Gasteiger partial charge on any atom is -0.299 e. The van der Waals surface area contributed by atoms with E-state index in [1.807, 2.05) is 0 Å². The Morgan fingerprint density at radius 2 is 1.77 bits per heavy atom. The zero-order valence-electron chi connectivity index (χ0n) is 8.33. The van der Waals surface area contributed by atoms with E-state index in [2.05, 4.69) is 6.92 Å². The zero-order valence-corrected chi connectivity index (χ0v) is 8.33. The lowest BCUT2D eigenvalue weighted by atomic mass is 9.67. The van der Waals surface area contributed by atoms with Crippen LogP contribution >= 0.6 is 0 Å². The average molecular weight is 178 g/mol. The highest BCUT2D eigenvalue weighted by Crippen LogP contribution is 2.57. The molecule has 5 atom stereocenters. The first-order valence-corrected chi connectivity index (χ1v) is 5.78. The summed E-state index contributed by atoms with van der Waals surface area (Å²) >= 11 is 0. The summed E-state index contributed by atoms with van der Waals surface area (Å²) in [6.07, 6.45) is 6.48. The second kappa shape index (κ2) is 2.59. The highest BCUT2D eigenvalue weighted by atomic mass is 16.1. The Bertz CT molecular complexity index is 246. The van der Waals surface area contributed by atoms with Gasteiger partial charge in [-0.25, -0.2) is 0 Å². The summed E-state index contributed by atoms with van der Waals surface area (Å²) < 4.78 is 0. The smallest absolute Gasteiger partial charge is 0.136 e. The van der Waals surface area contributed by atoms with E-state index in [1.54, 1.807) is 0 Å². The molecule has 13 heavy (non-hydrogen) atoms. The molecule has 3 rings (SSSR count). The Labute approximate surface area is 79.9 Å². The summed E-state index contributed by atoms with van der Waals surface area (Å²) in [4.78, 5) is 11.6. The third kappa shape index (κ3) is 1.02. The van der Waals surface area contributed by atoms with Gasteiger partial charge in [0.25, 0.3) is 0 Å². The van der Waals surface area contributed by atoms with Crippen LogP contribution in [-0.4, -0.2) is 5.78 Å². The van der Waals surface area contributed by atoms with Crippen LogP contribution in [-0.2, 0) is 4.79 Å². The number of hydrogen-bond acceptors (Lipinski definition) is 1. The first-order chi connectivity index (χ1) is 6.25. The maximum Gasteiger partial charge on any atom is 0.136 e. The largest absolute Gasteiger partial charge is 0.299 e. The van der Waals surface area contributed by atoms with Gasteiger partial charge in [-0.2, -0.15) is 0 Å². The summed E-state index contributed by atoms with van der Waals surface area (Å²) in [5.41, 5.74) is 0. The molecule has 0 aromatic heterocycles. The number of hydrogen-bond donors (Lipinski definition) is 0. The van der Waals surface area contributed by atoms with E-state index < -0.39 is 0 Å². The van der Waals surface area contributed by atoms with Crippen LogP contribution in [0.2, 0.25) is 0 Å². The molecule has 0 N–H and O–H groups in total. The van der Waals surface area contributed by atoms with E-state index in [9.17, 15) is 4.79 Å². The monoisotopic (exact) mass is 178 g/mol. The van der Waals surface area contributed by atoms with Gasteiger partial charge in [-0.05, 0) is 49.4 Å². The molecule has 3 unspecified atom stereocenters. The van der Waals surface area contributed by atoms with Crippen LogP contribution in [0.3, 0.4) is 0 Å². The van der Waals surface area contributed by atoms with E-state index in [0.717, 1.165) is 30.1 Å². The summed E-state index contributed by atoms with van der Waals surface area (Å²) in [7, 11) is 0. The molecule has 1 nitrogen and oxygen atoms in total. The number of Topliss-reactive ketones (excluding diaryl/α,β-unsaturated/α-hetero) is 1. The first kappa shape index (κ1) is 8.02. The number of ketones is 1. The molecule has 0 aliphatic heterocycles. The van der Waals surface area contributed by atoms with Crippen molar-refractivity contribution in [3.05, 3.63) is 0 Å². The number of carbonyl (C=O) groups excluding carboxylic acids is 1. The van der Waals surface area contributed by atoms with Gasteiger partial charge in [0.1, 0.15) is 5.78 Å². The van der Waals surface area contributed by atoms with Crippen LogP contribution in [0.4, 0.5) is 0 Å². The standard InChI is InChI=1S/C12H18O/c1-7-4-10-8-2-3-9(5-8)11(10)6-12(7)13/h7-11H,2-6H2,1H3/t7?,8-,9-,10?,11?/m1/s1. The van der Waals surface area contributed by atoms with E-state index in [0.29, 0.717) is 11.7 Å². The second-order valence-electron chi connectivity index (χ2n) is 5.47. The third-order valence-corrected chi connectivity index (χ3v) is 4.89. The van der Waals surface area contributed by atoms with Crippen LogP contribution in [0, 0.1) is 29.6 Å². The zero-order chi connectivity index (χ0) is 9.00. The van der Waals surface area contributed by atoms with Crippen molar-refractivity contribution in [1.82, 2.24) is 0 Å². The molecule has 3 aliphatic rings. The van der Waals surface area contributed by atoms with Crippen LogP contribution in [0.1, 0.15) is 39.0 Å². The summed E-state index contributed by atoms with van der Waals surface area (Å²) in [6.45, 7) is 2.13. The molecule has 0 heterocycles. The van der Waals surface area contributed by atoms with Crippen molar-refractivity contribution in [2.24, 2.45) is 29.6 Å². The molecule has 0 radical (unpaired) electrons. The molecule has 0 amide bonds. The highest BCUT2D eigenvalue weighted by molar-refractivity contribution is 5.81. The average Bonchev–Trinajstić information content (AvgIpc) is 2.67. The second-order valence-corrected chi connectivity index (χ2v) is 5.47. The Morgan fingerprint density at radius 3 is 2.54 bits per heavy atom. The van der Waals surface area contributed by atoms with E-state index in [-0.39, 0.29) is 0 Å². The minimum atomic E-state index is 0.376. The van der Waals surface area contributed by atoms with Gasteiger partial charge < -0.3 is 0 Å². The normalized spacial score (nSPS) is 53.9. The van der Waals surface area contributed by atoms with Crippen LogP contribution in [0.5, 0.6) is 0 Å². The predicted molar refractivity (Wildman–Crippen MR) is 51.2 cm³/mol. The van der Waals surface area contributed by atoms with Gasteiger partial charge in [0.15, 0.2) is 0 Å². The third-order valence-electron chi connectivity index (χ3n) is 4.89. The number of rotatable bonds is 0. The van der Waals surface area contributed by atoms with Crippen LogP contribution < -0.4 is 0 Å². The van der Waals surface area contributed by atoms with Crippen molar-refractivity contribution in [1.29, 1.82) is 0 Å². The Hall–Kier alpha value is -0.330. The van der Waals surface area contributed by atoms with Crippen LogP contribution in [0.15, 0.2) is 0 Å². The quantitative estimate of drug-likeness (QED) is 0.557. The fourth-order valence-electron chi connectivity index (χ4n) is 4.19. The van der Waals surface area contributed by atoms with Gasteiger partial charge in [0, 0.05) is 12.3 Å². The highest BCUT2D eigenvalue weighted by Gasteiger charge is 2.50. The predicted octanol–water partition coefficient (Wildman–Crippen LogP) is 2.65. The molecule has 72 valence electrons. The molecular formula is C12H18O. The van der Waals surface area contributed by atoms with Crippen molar-refractivity contribution in [2.75, 3.05) is 0 Å². The number of fused-ring (bicyclic) bond motifs is 5. The van der Waals surface area contributed by atoms with Gasteiger partial charge in [0.2, 0.25) is 0 Å². The lowest BCUT2D eigenvalue weighted by Gasteiger charge is -2.36. The van der Waals surface area contributed by atoms with Gasteiger partial charge in [-0.1, -0.05) is 6.92 Å². The molecule has 3 saturated carbocycles. The summed E-state index contributed by atoms with van der Waals surface area (Å²) in [5.74, 6) is 4.61. The molecule has 0 aromatic carbocycles. The SMILES string of the molecule is CC1CC2C(CC1=O)[C@@H]1CC[C@@H]2C1. The lowest BCUT2D eigenvalue weighted by Crippen LogP contribution is -2.34. The van der Waals surface area contributed by atoms with Gasteiger partial charge >= 0.3 is 0 Å². The van der Waals surface area contributed by atoms with E-state index in [1.165, 1.54) is 25.7 Å². The molecule has 1 heteroatoms. The van der Waals surface area contributed by atoms with E-state index in [4.69, 9.17) is 0 Å². The van der Waals surface area contributed by atoms with Crippen molar-refractivity contribution in [2.45, 2.75) is 39.0 Å². The fraction of sp³-hybridized carbons (Fsp3) is 0.917. The van der Waals surface area contributed by atoms with Crippen molar-refractivity contribution in [3.8, 4) is 0 Å². The van der Waals surface area contributed by atoms with Crippen molar-refractivity contribution in [3.63, 3.8) is 0 Å². The van der Waals surface area contributed by atoms with Gasteiger partial charge in [-0.3, -0.25) is 4.79 Å². The van der Waals surface area contributed by atoms with Gasteiger partial charge in [-0.15, -0.1) is 0 Å². The Kier molecular flexibility index (Phi) is 1.59. The fourth-order valence-corrected chi connectivity index (χ4v) is 4.19. The maximum absolute atomic E-state index is 11.6. The topological polar surface area (TPSA) is 17.1 Å². The molecule has 0 saturated heterocycles. The maximum atomic E-state index is 11.6. The lowest BCUT2D eigenvalue weighted by molar-refractivity contribution is -0.127. The minimum absolute atomic E-state index is 0.376. The first-order valence-electron chi connectivity index (χ1n) is 5.78. The molecule has 3 aliphatic carbocycles. The Balaban J connectivity index is 1.84. The molecule has 2 bridgehead atoms. The van der Waals surface area contributed by atoms with E-state index >= 15 is 0 Å². The molecule has 3 fully saturated rings.